The molecule has 0 saturated heterocycles. The highest BCUT2D eigenvalue weighted by Gasteiger charge is 2.13. The maximum atomic E-state index is 12.2. The van der Waals surface area contributed by atoms with E-state index in [2.05, 4.69) is 22.7 Å². The number of unbranched alkanes of at least 4 members (excludes halogenated alkanes) is 1. The van der Waals surface area contributed by atoms with E-state index in [0.717, 1.165) is 19.4 Å². The fraction of sp³-hybridized carbons (Fsp3) is 0.389. The minimum Gasteiger partial charge on any atom is -0.493 e. The molecule has 0 spiro atoms. The third kappa shape index (κ3) is 4.98. The Kier molecular flexibility index (Phi) is 7.02. The smallest absolute Gasteiger partial charge is 0.251 e. The number of rotatable bonds is 9. The molecule has 140 valence electrons. The standard InChI is InChI=1S/C18H24N4O4/c1-4-5-10-22-16(8-9-20-22)21-17(23)12-19-18(24)13-6-7-14(25-2)15(11-13)26-3/h6-9,11H,4-5,10,12H2,1-3H3,(H,19,24)(H,21,23). The molecule has 2 aromatic rings. The average molecular weight is 360 g/mol. The lowest BCUT2D eigenvalue weighted by Crippen LogP contribution is -2.33. The van der Waals surface area contributed by atoms with Gasteiger partial charge in [-0.2, -0.15) is 5.10 Å². The highest BCUT2D eigenvalue weighted by Crippen LogP contribution is 2.27. The first-order chi connectivity index (χ1) is 12.6. The van der Waals surface area contributed by atoms with Crippen LogP contribution in [0.25, 0.3) is 0 Å². The zero-order valence-electron chi connectivity index (χ0n) is 15.2. The fourth-order valence-corrected chi connectivity index (χ4v) is 2.35. The molecule has 1 aromatic heterocycles. The van der Waals surface area contributed by atoms with Gasteiger partial charge in [0.05, 0.1) is 27.0 Å². The largest absolute Gasteiger partial charge is 0.493 e. The van der Waals surface area contributed by atoms with Crippen molar-refractivity contribution in [2.45, 2.75) is 26.3 Å². The first-order valence-electron chi connectivity index (χ1n) is 8.41. The molecule has 1 aromatic carbocycles. The molecule has 8 nitrogen and oxygen atoms in total. The lowest BCUT2D eigenvalue weighted by molar-refractivity contribution is -0.115. The number of benzene rings is 1. The van der Waals surface area contributed by atoms with Crippen molar-refractivity contribution < 1.29 is 19.1 Å². The molecular formula is C18H24N4O4. The number of hydrogen-bond donors (Lipinski definition) is 2. The number of hydrogen-bond acceptors (Lipinski definition) is 5. The minimum atomic E-state index is -0.374. The van der Waals surface area contributed by atoms with E-state index >= 15 is 0 Å². The Bertz CT molecular complexity index is 757. The molecule has 0 aliphatic heterocycles. The van der Waals surface area contributed by atoms with Crippen molar-refractivity contribution in [2.24, 2.45) is 0 Å². The Morgan fingerprint density at radius 2 is 1.92 bits per heavy atom. The third-order valence-electron chi connectivity index (χ3n) is 3.76. The summed E-state index contributed by atoms with van der Waals surface area (Å²) < 4.78 is 12.0. The summed E-state index contributed by atoms with van der Waals surface area (Å²) in [4.78, 5) is 24.3. The number of nitrogens with one attached hydrogen (secondary N) is 2. The number of aryl methyl sites for hydroxylation is 1. The predicted octanol–water partition coefficient (Wildman–Crippen LogP) is 2.07. The second-order valence-corrected chi connectivity index (χ2v) is 5.59. The van der Waals surface area contributed by atoms with Crippen LogP contribution in [-0.4, -0.2) is 42.4 Å². The normalized spacial score (nSPS) is 10.3. The molecule has 0 saturated carbocycles. The van der Waals surface area contributed by atoms with Crippen molar-refractivity contribution in [1.82, 2.24) is 15.1 Å². The highest BCUT2D eigenvalue weighted by molar-refractivity contribution is 5.99. The van der Waals surface area contributed by atoms with Crippen LogP contribution in [0.4, 0.5) is 5.82 Å². The van der Waals surface area contributed by atoms with E-state index in [1.54, 1.807) is 35.1 Å². The van der Waals surface area contributed by atoms with Gasteiger partial charge in [0, 0.05) is 18.2 Å². The molecule has 2 N–H and O–H groups in total. The van der Waals surface area contributed by atoms with E-state index < -0.39 is 0 Å². The first-order valence-corrected chi connectivity index (χ1v) is 8.41. The van der Waals surface area contributed by atoms with Crippen LogP contribution in [0.3, 0.4) is 0 Å². The van der Waals surface area contributed by atoms with Gasteiger partial charge in [-0.15, -0.1) is 0 Å². The lowest BCUT2D eigenvalue weighted by atomic mass is 10.2. The van der Waals surface area contributed by atoms with Crippen molar-refractivity contribution in [3.63, 3.8) is 0 Å². The predicted molar refractivity (Wildman–Crippen MR) is 97.6 cm³/mol. The first kappa shape index (κ1) is 19.3. The molecule has 26 heavy (non-hydrogen) atoms. The zero-order chi connectivity index (χ0) is 18.9. The van der Waals surface area contributed by atoms with Crippen molar-refractivity contribution in [1.29, 1.82) is 0 Å². The van der Waals surface area contributed by atoms with Crippen LogP contribution in [0.2, 0.25) is 0 Å². The van der Waals surface area contributed by atoms with Gasteiger partial charge in [0.15, 0.2) is 11.5 Å². The van der Waals surface area contributed by atoms with Gasteiger partial charge in [-0.25, -0.2) is 4.68 Å². The molecule has 2 amide bonds. The number of anilines is 1. The summed E-state index contributed by atoms with van der Waals surface area (Å²) >= 11 is 0. The number of nitrogens with zero attached hydrogens (tertiary/aromatic N) is 2. The van der Waals surface area contributed by atoms with E-state index in [1.165, 1.54) is 14.2 Å². The highest BCUT2D eigenvalue weighted by atomic mass is 16.5. The van der Waals surface area contributed by atoms with Gasteiger partial charge < -0.3 is 20.1 Å². The monoisotopic (exact) mass is 360 g/mol. The summed E-state index contributed by atoms with van der Waals surface area (Å²) in [6, 6.07) is 6.53. The van der Waals surface area contributed by atoms with Crippen LogP contribution in [0.5, 0.6) is 11.5 Å². The zero-order valence-corrected chi connectivity index (χ0v) is 15.2. The van der Waals surface area contributed by atoms with E-state index in [1.807, 2.05) is 0 Å². The molecule has 2 rings (SSSR count). The number of methoxy groups -OCH3 is 2. The molecule has 0 atom stereocenters. The molecule has 8 heteroatoms. The summed E-state index contributed by atoms with van der Waals surface area (Å²) in [6.45, 7) is 2.68. The van der Waals surface area contributed by atoms with Gasteiger partial charge in [-0.3, -0.25) is 9.59 Å². The molecule has 0 aliphatic rings. The molecule has 0 unspecified atom stereocenters. The summed E-state index contributed by atoms with van der Waals surface area (Å²) in [5, 5.41) is 9.51. The molecule has 1 heterocycles. The molecular weight excluding hydrogens is 336 g/mol. The van der Waals surface area contributed by atoms with Gasteiger partial charge >= 0.3 is 0 Å². The number of aromatic nitrogens is 2. The van der Waals surface area contributed by atoms with Crippen molar-refractivity contribution >= 4 is 17.6 Å². The number of amides is 2. The maximum absolute atomic E-state index is 12.2. The van der Waals surface area contributed by atoms with Gasteiger partial charge in [0.25, 0.3) is 5.91 Å². The molecule has 0 radical (unpaired) electrons. The van der Waals surface area contributed by atoms with Crippen molar-refractivity contribution in [3.05, 3.63) is 36.0 Å². The molecule has 0 fully saturated rings. The van der Waals surface area contributed by atoms with E-state index in [-0.39, 0.29) is 18.4 Å². The fourth-order valence-electron chi connectivity index (χ4n) is 2.35. The number of ether oxygens (including phenoxy) is 2. The summed E-state index contributed by atoms with van der Waals surface area (Å²) in [5.74, 6) is 0.896. The van der Waals surface area contributed by atoms with Crippen LogP contribution in [0.15, 0.2) is 30.5 Å². The van der Waals surface area contributed by atoms with E-state index in [4.69, 9.17) is 9.47 Å². The summed E-state index contributed by atoms with van der Waals surface area (Å²) in [5.41, 5.74) is 0.378. The number of carbonyl (C=O) groups is 2. The van der Waals surface area contributed by atoms with Crippen LogP contribution in [0.1, 0.15) is 30.1 Å². The van der Waals surface area contributed by atoms with Crippen LogP contribution < -0.4 is 20.1 Å². The Balaban J connectivity index is 1.91. The number of carbonyl (C=O) groups excluding carboxylic acids is 2. The average Bonchev–Trinajstić information content (AvgIpc) is 3.10. The Morgan fingerprint density at radius 3 is 2.62 bits per heavy atom. The third-order valence-corrected chi connectivity index (χ3v) is 3.76. The quantitative estimate of drug-likeness (QED) is 0.714. The second kappa shape index (κ2) is 9.45. The van der Waals surface area contributed by atoms with Gasteiger partial charge in [0.2, 0.25) is 5.91 Å². The Hall–Kier alpha value is -3.03. The summed E-state index contributed by atoms with van der Waals surface area (Å²) in [7, 11) is 3.02. The molecule has 0 aliphatic carbocycles. The van der Waals surface area contributed by atoms with E-state index in [0.29, 0.717) is 22.9 Å². The van der Waals surface area contributed by atoms with Gasteiger partial charge in [-0.05, 0) is 24.6 Å². The van der Waals surface area contributed by atoms with Crippen molar-refractivity contribution in [3.8, 4) is 11.5 Å². The maximum Gasteiger partial charge on any atom is 0.251 e. The van der Waals surface area contributed by atoms with Crippen LogP contribution in [-0.2, 0) is 11.3 Å². The minimum absolute atomic E-state index is 0.147. The topological polar surface area (TPSA) is 94.5 Å². The summed E-state index contributed by atoms with van der Waals surface area (Å²) in [6.07, 6.45) is 3.64. The van der Waals surface area contributed by atoms with Crippen LogP contribution >= 0.6 is 0 Å². The van der Waals surface area contributed by atoms with E-state index in [9.17, 15) is 9.59 Å². The second-order valence-electron chi connectivity index (χ2n) is 5.59. The SMILES string of the molecule is CCCCn1nccc1NC(=O)CNC(=O)c1ccc(OC)c(OC)c1. The van der Waals surface area contributed by atoms with Crippen molar-refractivity contribution in [2.75, 3.05) is 26.1 Å². The van der Waals surface area contributed by atoms with Crippen LogP contribution in [0, 0.1) is 0 Å². The van der Waals surface area contributed by atoms with Gasteiger partial charge in [-0.1, -0.05) is 13.3 Å². The lowest BCUT2D eigenvalue weighted by Gasteiger charge is -2.11. The Morgan fingerprint density at radius 1 is 1.15 bits per heavy atom. The molecule has 0 bridgehead atoms. The Labute approximate surface area is 152 Å². The van der Waals surface area contributed by atoms with Gasteiger partial charge in [0.1, 0.15) is 5.82 Å².